The maximum absolute atomic E-state index is 13.8. The monoisotopic (exact) mass is 306 g/mol. The van der Waals surface area contributed by atoms with Crippen LogP contribution in [0.1, 0.15) is 18.5 Å². The Morgan fingerprint density at radius 2 is 2.25 bits per heavy atom. The van der Waals surface area contributed by atoms with Crippen molar-refractivity contribution in [2.24, 2.45) is 5.73 Å². The number of halogens is 2. The number of phenols is 1. The van der Waals surface area contributed by atoms with Crippen LogP contribution >= 0.6 is 11.6 Å². The molecular weight excluding hydrogens is 295 g/mol. The van der Waals surface area contributed by atoms with Crippen LogP contribution in [0, 0.1) is 10.1 Å². The standard InChI is InChI=1S/C11H12ClFN2O5/c1-2-20-11(17)8(13)9(14)7-6(15(18)19)4-3-5(12)10(7)16/h3-4,8-9,16H,2,14H2,1H3/t8?,9-/m1/s1. The normalized spacial score (nSPS) is 13.6. The molecule has 0 saturated heterocycles. The number of ether oxygens (including phenoxy) is 1. The number of phenolic OH excluding ortho intramolecular Hbond substituents is 1. The van der Waals surface area contributed by atoms with Gasteiger partial charge in [-0.15, -0.1) is 0 Å². The summed E-state index contributed by atoms with van der Waals surface area (Å²) in [5.74, 6) is -2.01. The van der Waals surface area contributed by atoms with Crippen molar-refractivity contribution in [3.8, 4) is 5.75 Å². The third kappa shape index (κ3) is 3.14. The van der Waals surface area contributed by atoms with E-state index in [9.17, 15) is 24.4 Å². The molecule has 0 radical (unpaired) electrons. The van der Waals surface area contributed by atoms with E-state index in [0.29, 0.717) is 0 Å². The van der Waals surface area contributed by atoms with Crippen LogP contribution in [0.15, 0.2) is 12.1 Å². The van der Waals surface area contributed by atoms with Gasteiger partial charge in [0.25, 0.3) is 5.69 Å². The summed E-state index contributed by atoms with van der Waals surface area (Å²) in [4.78, 5) is 21.3. The molecule has 0 saturated carbocycles. The van der Waals surface area contributed by atoms with E-state index in [1.807, 2.05) is 0 Å². The number of hydrogen-bond acceptors (Lipinski definition) is 6. The first-order valence-electron chi connectivity index (χ1n) is 5.53. The van der Waals surface area contributed by atoms with E-state index in [4.69, 9.17) is 17.3 Å². The quantitative estimate of drug-likeness (QED) is 0.487. The van der Waals surface area contributed by atoms with E-state index in [-0.39, 0.29) is 11.6 Å². The summed E-state index contributed by atoms with van der Waals surface area (Å²) in [6.45, 7) is 1.39. The van der Waals surface area contributed by atoms with Gasteiger partial charge in [0.2, 0.25) is 6.17 Å². The Balaban J connectivity index is 3.26. The minimum absolute atomic E-state index is 0.0738. The average molecular weight is 307 g/mol. The highest BCUT2D eigenvalue weighted by atomic mass is 35.5. The lowest BCUT2D eigenvalue weighted by atomic mass is 10.00. The molecule has 1 aromatic rings. The Bertz CT molecular complexity index is 540. The zero-order valence-corrected chi connectivity index (χ0v) is 11.1. The van der Waals surface area contributed by atoms with Crippen LogP contribution in [0.3, 0.4) is 0 Å². The van der Waals surface area contributed by atoms with Crippen molar-refractivity contribution in [2.45, 2.75) is 19.1 Å². The molecule has 110 valence electrons. The van der Waals surface area contributed by atoms with Crippen molar-refractivity contribution in [2.75, 3.05) is 6.61 Å². The predicted molar refractivity (Wildman–Crippen MR) is 68.2 cm³/mol. The van der Waals surface area contributed by atoms with Crippen molar-refractivity contribution in [1.82, 2.24) is 0 Å². The van der Waals surface area contributed by atoms with Crippen LogP contribution in [0.5, 0.6) is 5.75 Å². The summed E-state index contributed by atoms with van der Waals surface area (Å²) in [5.41, 5.74) is 4.29. The van der Waals surface area contributed by atoms with Gasteiger partial charge in [0.1, 0.15) is 5.75 Å². The Morgan fingerprint density at radius 1 is 1.65 bits per heavy atom. The Hall–Kier alpha value is -1.93. The number of nitro groups is 1. The lowest BCUT2D eigenvalue weighted by Crippen LogP contribution is -2.32. The number of nitro benzene ring substituents is 1. The second-order valence-corrected chi connectivity index (χ2v) is 4.17. The fourth-order valence-corrected chi connectivity index (χ4v) is 1.74. The van der Waals surface area contributed by atoms with Gasteiger partial charge in [-0.05, 0) is 13.0 Å². The molecule has 0 amide bonds. The Morgan fingerprint density at radius 3 is 2.75 bits per heavy atom. The molecule has 1 unspecified atom stereocenters. The molecule has 7 nitrogen and oxygen atoms in total. The minimum atomic E-state index is -2.36. The molecule has 0 fully saturated rings. The highest BCUT2D eigenvalue weighted by molar-refractivity contribution is 6.32. The van der Waals surface area contributed by atoms with Gasteiger partial charge in [-0.3, -0.25) is 10.1 Å². The van der Waals surface area contributed by atoms with Gasteiger partial charge in [-0.25, -0.2) is 9.18 Å². The molecule has 2 atom stereocenters. The first kappa shape index (κ1) is 16.1. The zero-order valence-electron chi connectivity index (χ0n) is 10.4. The van der Waals surface area contributed by atoms with Crippen molar-refractivity contribution >= 4 is 23.3 Å². The first-order valence-corrected chi connectivity index (χ1v) is 5.91. The summed E-state index contributed by atoms with van der Waals surface area (Å²) in [6, 6.07) is 0.269. The number of hydrogen-bond donors (Lipinski definition) is 2. The highest BCUT2D eigenvalue weighted by Crippen LogP contribution is 2.39. The van der Waals surface area contributed by atoms with Gasteiger partial charge < -0.3 is 15.6 Å². The molecule has 0 aliphatic rings. The number of nitrogens with two attached hydrogens (primary N) is 1. The average Bonchev–Trinajstić information content (AvgIpc) is 2.39. The third-order valence-corrected chi connectivity index (χ3v) is 2.81. The fourth-order valence-electron chi connectivity index (χ4n) is 1.57. The Labute approximate surface area is 118 Å². The molecule has 0 heterocycles. The molecule has 0 aliphatic carbocycles. The molecule has 0 aliphatic heterocycles. The Kier molecular flexibility index (Phi) is 5.23. The molecule has 20 heavy (non-hydrogen) atoms. The molecule has 0 spiro atoms. The topological polar surface area (TPSA) is 116 Å². The van der Waals surface area contributed by atoms with Crippen molar-refractivity contribution in [3.05, 3.63) is 32.8 Å². The summed E-state index contributed by atoms with van der Waals surface area (Å²) in [7, 11) is 0. The highest BCUT2D eigenvalue weighted by Gasteiger charge is 2.35. The lowest BCUT2D eigenvalue weighted by Gasteiger charge is -2.17. The molecule has 9 heteroatoms. The maximum atomic E-state index is 13.8. The smallest absolute Gasteiger partial charge is 0.342 e. The van der Waals surface area contributed by atoms with E-state index < -0.39 is 40.1 Å². The van der Waals surface area contributed by atoms with Gasteiger partial charge in [0.15, 0.2) is 0 Å². The number of rotatable bonds is 5. The van der Waals surface area contributed by atoms with Crippen LogP contribution in [0.25, 0.3) is 0 Å². The van der Waals surface area contributed by atoms with Gasteiger partial charge >= 0.3 is 5.97 Å². The number of carbonyl (C=O) groups is 1. The largest absolute Gasteiger partial charge is 0.506 e. The minimum Gasteiger partial charge on any atom is -0.506 e. The number of carbonyl (C=O) groups excluding carboxylic acids is 1. The van der Waals surface area contributed by atoms with E-state index in [1.165, 1.54) is 6.92 Å². The number of alkyl halides is 1. The van der Waals surface area contributed by atoms with Gasteiger partial charge in [0, 0.05) is 6.07 Å². The fraction of sp³-hybridized carbons (Fsp3) is 0.364. The van der Waals surface area contributed by atoms with E-state index >= 15 is 0 Å². The second-order valence-electron chi connectivity index (χ2n) is 3.77. The molecule has 0 aromatic heterocycles. The number of aromatic hydroxyl groups is 1. The van der Waals surface area contributed by atoms with E-state index in [1.54, 1.807) is 0 Å². The summed E-state index contributed by atoms with van der Waals surface area (Å²) >= 11 is 5.61. The SMILES string of the molecule is CCOC(=O)C(F)[C@H](N)c1c([N+](=O)[O-])ccc(Cl)c1O. The second kappa shape index (κ2) is 6.49. The van der Waals surface area contributed by atoms with E-state index in [0.717, 1.165) is 12.1 Å². The summed E-state index contributed by atoms with van der Waals surface area (Å²) in [6.07, 6.45) is -2.36. The van der Waals surface area contributed by atoms with Gasteiger partial charge in [-0.2, -0.15) is 0 Å². The molecule has 3 N–H and O–H groups in total. The zero-order chi connectivity index (χ0) is 15.4. The van der Waals surface area contributed by atoms with Crippen LogP contribution in [0.2, 0.25) is 5.02 Å². The van der Waals surface area contributed by atoms with Crippen LogP contribution in [0.4, 0.5) is 10.1 Å². The van der Waals surface area contributed by atoms with Crippen LogP contribution < -0.4 is 5.73 Å². The summed E-state index contributed by atoms with van der Waals surface area (Å²) in [5, 5.41) is 20.3. The van der Waals surface area contributed by atoms with Crippen molar-refractivity contribution in [1.29, 1.82) is 0 Å². The number of esters is 1. The van der Waals surface area contributed by atoms with Crippen molar-refractivity contribution in [3.63, 3.8) is 0 Å². The van der Waals surface area contributed by atoms with E-state index in [2.05, 4.69) is 4.74 Å². The molecule has 1 aromatic carbocycles. The van der Waals surface area contributed by atoms with Crippen LogP contribution in [-0.4, -0.2) is 28.8 Å². The number of benzene rings is 1. The first-order chi connectivity index (χ1) is 9.31. The summed E-state index contributed by atoms with van der Waals surface area (Å²) < 4.78 is 18.3. The predicted octanol–water partition coefficient (Wildman–Crippen LogP) is 1.85. The van der Waals surface area contributed by atoms with Gasteiger partial charge in [-0.1, -0.05) is 11.6 Å². The third-order valence-electron chi connectivity index (χ3n) is 2.50. The molecule has 0 bridgehead atoms. The van der Waals surface area contributed by atoms with Crippen molar-refractivity contribution < 1.29 is 24.0 Å². The number of nitrogens with zero attached hydrogens (tertiary/aromatic N) is 1. The maximum Gasteiger partial charge on any atom is 0.342 e. The van der Waals surface area contributed by atoms with Crippen LogP contribution in [-0.2, 0) is 9.53 Å². The molecular formula is C11H12ClFN2O5. The van der Waals surface area contributed by atoms with Gasteiger partial charge in [0.05, 0.1) is 28.2 Å². The molecule has 1 rings (SSSR count). The lowest BCUT2D eigenvalue weighted by molar-refractivity contribution is -0.385.